The van der Waals surface area contributed by atoms with Crippen molar-refractivity contribution < 1.29 is 42.2 Å². The van der Waals surface area contributed by atoms with Crippen LogP contribution in [0.25, 0.3) is 0 Å². The van der Waals surface area contributed by atoms with Crippen molar-refractivity contribution in [3.8, 4) is 0 Å². The first-order valence-corrected chi connectivity index (χ1v) is 9.41. The fourth-order valence-corrected chi connectivity index (χ4v) is 2.49. The minimum Gasteiger partial charge on any atom is -0.478 e. The number of hydrogen-bond acceptors (Lipinski definition) is 5. The standard InChI is InChI=1S/C21H16ClF3N2O6/c1-11(19(30)31)8-17(28)26-14-5-2-12(3-6-14)20(32)33-10-18(29)27-16-9-13(21(23,24)25)4-7-15(16)22/h2-9H,10H2,1H3,(H,26,28)(H,27,29)(H,30,31)/b11-8-. The third kappa shape index (κ3) is 7.65. The van der Waals surface area contributed by atoms with Gasteiger partial charge in [0.25, 0.3) is 5.91 Å². The Morgan fingerprint density at radius 1 is 1.06 bits per heavy atom. The molecule has 0 aliphatic heterocycles. The number of alkyl halides is 3. The number of ether oxygens (including phenoxy) is 1. The summed E-state index contributed by atoms with van der Waals surface area (Å²) in [5, 5.41) is 13.2. The average Bonchev–Trinajstić information content (AvgIpc) is 2.73. The molecule has 33 heavy (non-hydrogen) atoms. The predicted octanol–water partition coefficient (Wildman–Crippen LogP) is 4.12. The van der Waals surface area contributed by atoms with Gasteiger partial charge in [-0.2, -0.15) is 13.2 Å². The predicted molar refractivity (Wildman–Crippen MR) is 112 cm³/mol. The molecule has 8 nitrogen and oxygen atoms in total. The summed E-state index contributed by atoms with van der Waals surface area (Å²) in [4.78, 5) is 46.4. The maximum absolute atomic E-state index is 12.8. The lowest BCUT2D eigenvalue weighted by Crippen LogP contribution is -2.21. The van der Waals surface area contributed by atoms with Crippen LogP contribution in [0.2, 0.25) is 5.02 Å². The molecule has 12 heteroatoms. The number of esters is 1. The first-order valence-electron chi connectivity index (χ1n) is 9.03. The normalized spacial score (nSPS) is 11.5. The molecular weight excluding hydrogens is 469 g/mol. The fourth-order valence-electron chi connectivity index (χ4n) is 2.32. The summed E-state index contributed by atoms with van der Waals surface area (Å²) in [6.07, 6.45) is -3.74. The van der Waals surface area contributed by atoms with Gasteiger partial charge in [0, 0.05) is 17.3 Å². The highest BCUT2D eigenvalue weighted by molar-refractivity contribution is 6.33. The number of anilines is 2. The summed E-state index contributed by atoms with van der Waals surface area (Å²) in [6, 6.07) is 7.66. The molecule has 0 fully saturated rings. The molecule has 0 saturated heterocycles. The van der Waals surface area contributed by atoms with Gasteiger partial charge in [0.15, 0.2) is 6.61 Å². The Kier molecular flexibility index (Phi) is 8.19. The number of aliphatic carboxylic acids is 1. The summed E-state index contributed by atoms with van der Waals surface area (Å²) in [7, 11) is 0. The van der Waals surface area contributed by atoms with E-state index in [1.54, 1.807) is 0 Å². The lowest BCUT2D eigenvalue weighted by Gasteiger charge is -2.12. The Bertz CT molecular complexity index is 1110. The molecule has 0 unspecified atom stereocenters. The number of hydrogen-bond donors (Lipinski definition) is 3. The molecule has 0 spiro atoms. The Labute approximate surface area is 190 Å². The van der Waals surface area contributed by atoms with E-state index in [-0.39, 0.29) is 27.5 Å². The monoisotopic (exact) mass is 484 g/mol. The number of nitrogens with one attached hydrogen (secondary N) is 2. The van der Waals surface area contributed by atoms with Crippen LogP contribution in [-0.2, 0) is 25.3 Å². The molecule has 3 N–H and O–H groups in total. The molecule has 0 saturated carbocycles. The summed E-state index contributed by atoms with van der Waals surface area (Å²) >= 11 is 5.79. The third-order valence-electron chi connectivity index (χ3n) is 3.98. The van der Waals surface area contributed by atoms with Crippen LogP contribution in [0, 0.1) is 0 Å². The summed E-state index contributed by atoms with van der Waals surface area (Å²) in [6.45, 7) is 0.460. The maximum Gasteiger partial charge on any atom is 0.416 e. The van der Waals surface area contributed by atoms with Gasteiger partial charge < -0.3 is 20.5 Å². The second-order valence-corrected chi connectivity index (χ2v) is 6.92. The molecule has 0 aromatic heterocycles. The first-order chi connectivity index (χ1) is 15.4. The summed E-state index contributed by atoms with van der Waals surface area (Å²) < 4.78 is 43.2. The van der Waals surface area contributed by atoms with E-state index in [1.807, 2.05) is 0 Å². The van der Waals surface area contributed by atoms with Crippen molar-refractivity contribution in [2.75, 3.05) is 17.2 Å². The minimum absolute atomic E-state index is 0.0233. The molecule has 0 atom stereocenters. The lowest BCUT2D eigenvalue weighted by atomic mass is 10.2. The van der Waals surface area contributed by atoms with Crippen LogP contribution in [0.4, 0.5) is 24.5 Å². The fraction of sp³-hybridized carbons (Fsp3) is 0.143. The van der Waals surface area contributed by atoms with E-state index in [4.69, 9.17) is 21.4 Å². The van der Waals surface area contributed by atoms with E-state index in [0.29, 0.717) is 6.07 Å². The van der Waals surface area contributed by atoms with Crippen molar-refractivity contribution in [1.82, 2.24) is 0 Å². The highest BCUT2D eigenvalue weighted by atomic mass is 35.5. The number of rotatable bonds is 7. The van der Waals surface area contributed by atoms with E-state index in [9.17, 15) is 32.3 Å². The van der Waals surface area contributed by atoms with E-state index < -0.39 is 42.1 Å². The van der Waals surface area contributed by atoms with Crippen LogP contribution >= 0.6 is 11.6 Å². The van der Waals surface area contributed by atoms with Gasteiger partial charge in [-0.05, 0) is 49.4 Å². The van der Waals surface area contributed by atoms with Gasteiger partial charge in [0.05, 0.1) is 21.8 Å². The molecule has 2 amide bonds. The third-order valence-corrected chi connectivity index (χ3v) is 4.30. The highest BCUT2D eigenvalue weighted by Gasteiger charge is 2.31. The van der Waals surface area contributed by atoms with Crippen LogP contribution < -0.4 is 10.6 Å². The number of halogens is 4. The number of carbonyl (C=O) groups is 4. The zero-order chi connectivity index (χ0) is 24.8. The topological polar surface area (TPSA) is 122 Å². The van der Waals surface area contributed by atoms with Crippen molar-refractivity contribution >= 4 is 46.7 Å². The van der Waals surface area contributed by atoms with Crippen LogP contribution in [-0.4, -0.2) is 35.5 Å². The van der Waals surface area contributed by atoms with Gasteiger partial charge >= 0.3 is 18.1 Å². The molecule has 0 aliphatic rings. The van der Waals surface area contributed by atoms with Crippen molar-refractivity contribution in [1.29, 1.82) is 0 Å². The Balaban J connectivity index is 1.93. The van der Waals surface area contributed by atoms with Crippen LogP contribution in [0.3, 0.4) is 0 Å². The van der Waals surface area contributed by atoms with Crippen LogP contribution in [0.15, 0.2) is 54.1 Å². The molecule has 0 aliphatic carbocycles. The van der Waals surface area contributed by atoms with Crippen molar-refractivity contribution in [3.63, 3.8) is 0 Å². The number of carboxylic acid groups (broad SMARTS) is 1. The smallest absolute Gasteiger partial charge is 0.416 e. The van der Waals surface area contributed by atoms with E-state index in [0.717, 1.165) is 18.2 Å². The van der Waals surface area contributed by atoms with Crippen LogP contribution in [0.5, 0.6) is 0 Å². The highest BCUT2D eigenvalue weighted by Crippen LogP contribution is 2.33. The number of amides is 2. The number of carbonyl (C=O) groups excluding carboxylic acids is 3. The second-order valence-electron chi connectivity index (χ2n) is 6.52. The first kappa shape index (κ1) is 25.4. The quantitative estimate of drug-likeness (QED) is 0.401. The zero-order valence-corrected chi connectivity index (χ0v) is 17.6. The molecular formula is C21H16ClF3N2O6. The molecule has 0 radical (unpaired) electrons. The van der Waals surface area contributed by atoms with Crippen molar-refractivity contribution in [2.45, 2.75) is 13.1 Å². The van der Waals surface area contributed by atoms with Gasteiger partial charge in [0.1, 0.15) is 0 Å². The lowest BCUT2D eigenvalue weighted by molar-refractivity contribution is -0.137. The number of carboxylic acids is 1. The summed E-state index contributed by atoms with van der Waals surface area (Å²) in [5.41, 5.74) is -1.18. The van der Waals surface area contributed by atoms with Crippen molar-refractivity contribution in [3.05, 3.63) is 70.3 Å². The largest absolute Gasteiger partial charge is 0.478 e. The molecule has 0 heterocycles. The van der Waals surface area contributed by atoms with Crippen LogP contribution in [0.1, 0.15) is 22.8 Å². The van der Waals surface area contributed by atoms with Gasteiger partial charge in [-0.15, -0.1) is 0 Å². The van der Waals surface area contributed by atoms with Gasteiger partial charge in [-0.25, -0.2) is 9.59 Å². The molecule has 2 aromatic carbocycles. The van der Waals surface area contributed by atoms with Gasteiger partial charge in [-0.1, -0.05) is 11.6 Å². The Hall–Kier alpha value is -3.86. The maximum atomic E-state index is 12.8. The van der Waals surface area contributed by atoms with Gasteiger partial charge in [-0.3, -0.25) is 9.59 Å². The Morgan fingerprint density at radius 3 is 2.27 bits per heavy atom. The second kappa shape index (κ2) is 10.6. The molecule has 2 aromatic rings. The summed E-state index contributed by atoms with van der Waals surface area (Å²) in [5.74, 6) is -3.74. The van der Waals surface area contributed by atoms with Crippen molar-refractivity contribution in [2.24, 2.45) is 0 Å². The molecule has 2 rings (SSSR count). The van der Waals surface area contributed by atoms with Gasteiger partial charge in [0.2, 0.25) is 5.91 Å². The Morgan fingerprint density at radius 2 is 1.70 bits per heavy atom. The average molecular weight is 485 g/mol. The van der Waals surface area contributed by atoms with E-state index in [2.05, 4.69) is 10.6 Å². The van der Waals surface area contributed by atoms with E-state index >= 15 is 0 Å². The van der Waals surface area contributed by atoms with E-state index in [1.165, 1.54) is 31.2 Å². The molecule has 174 valence electrons. The zero-order valence-electron chi connectivity index (χ0n) is 16.8. The SMILES string of the molecule is C/C(=C/C(=O)Nc1ccc(C(=O)OCC(=O)Nc2cc(C(F)(F)F)ccc2Cl)cc1)C(=O)O. The molecule has 0 bridgehead atoms. The number of benzene rings is 2. The minimum atomic E-state index is -4.63.